The number of rotatable bonds is 10. The lowest BCUT2D eigenvalue weighted by Crippen LogP contribution is -2.35. The summed E-state index contributed by atoms with van der Waals surface area (Å²) < 4.78 is 13.4. The second-order valence-electron chi connectivity index (χ2n) is 8.21. The van der Waals surface area contributed by atoms with E-state index in [4.69, 9.17) is 0 Å². The third-order valence-corrected chi connectivity index (χ3v) is 5.87. The first kappa shape index (κ1) is 23.1. The maximum atomic E-state index is 13.4. The van der Waals surface area contributed by atoms with Crippen LogP contribution in [0.1, 0.15) is 55.3 Å². The number of benzene rings is 1. The van der Waals surface area contributed by atoms with E-state index in [0.29, 0.717) is 18.7 Å². The molecule has 1 unspecified atom stereocenters. The molecule has 3 atom stereocenters. The lowest BCUT2D eigenvalue weighted by atomic mass is 9.97. The van der Waals surface area contributed by atoms with E-state index in [1.165, 1.54) is 6.92 Å². The minimum atomic E-state index is -1.18. The fourth-order valence-corrected chi connectivity index (χ4v) is 3.82. The van der Waals surface area contributed by atoms with E-state index in [-0.39, 0.29) is 17.5 Å². The molecular formula is C25H32FN3O2. The summed E-state index contributed by atoms with van der Waals surface area (Å²) in [6.07, 6.45) is 2.70. The number of nitrogens with one attached hydrogen (secondary N) is 1. The van der Waals surface area contributed by atoms with Gasteiger partial charge in [-0.25, -0.2) is 4.39 Å². The first-order chi connectivity index (χ1) is 14.9. The van der Waals surface area contributed by atoms with Crippen LogP contribution in [-0.4, -0.2) is 52.6 Å². The zero-order valence-corrected chi connectivity index (χ0v) is 18.4. The standard InChI is InChI=1S/C25H32FN3O2/c1-4-22(28-18(3)17(2)26)25(31)20-9-7-19(8-10-20)21-11-12-23(27-15-21)24(30)16-29-13-5-6-14-29/h7-12,15,17,22,25,28,31H,3-6,13-14,16H2,1-2H3/t17?,22-,25-/m1/s1. The summed E-state index contributed by atoms with van der Waals surface area (Å²) in [5.74, 6) is 0.0502. The molecule has 2 N–H and O–H groups in total. The number of aliphatic hydroxyl groups is 1. The molecule has 1 fully saturated rings. The van der Waals surface area contributed by atoms with Crippen LogP contribution >= 0.6 is 0 Å². The molecule has 1 aliphatic heterocycles. The van der Waals surface area contributed by atoms with Crippen molar-refractivity contribution in [2.45, 2.75) is 51.4 Å². The summed E-state index contributed by atoms with van der Waals surface area (Å²) in [6.45, 7) is 9.44. The van der Waals surface area contributed by atoms with Gasteiger partial charge in [0, 0.05) is 17.5 Å². The van der Waals surface area contributed by atoms with E-state index < -0.39 is 12.3 Å². The van der Waals surface area contributed by atoms with E-state index >= 15 is 0 Å². The summed E-state index contributed by atoms with van der Waals surface area (Å²) in [6, 6.07) is 10.9. The highest BCUT2D eigenvalue weighted by Crippen LogP contribution is 2.25. The van der Waals surface area contributed by atoms with Gasteiger partial charge in [0.25, 0.3) is 0 Å². The first-order valence-electron chi connectivity index (χ1n) is 11.0. The number of likely N-dealkylation sites (tertiary alicyclic amines) is 1. The number of allylic oxidation sites excluding steroid dienone is 1. The van der Waals surface area contributed by atoms with Gasteiger partial charge in [-0.1, -0.05) is 43.8 Å². The Labute approximate surface area is 184 Å². The number of ketones is 1. The third-order valence-electron chi connectivity index (χ3n) is 5.87. The Bertz CT molecular complexity index is 875. The van der Waals surface area contributed by atoms with Crippen LogP contribution < -0.4 is 5.32 Å². The third kappa shape index (κ3) is 5.99. The van der Waals surface area contributed by atoms with Gasteiger partial charge in [-0.15, -0.1) is 0 Å². The Hall–Kier alpha value is -2.57. The molecule has 1 aromatic carbocycles. The number of hydrogen-bond donors (Lipinski definition) is 2. The zero-order valence-electron chi connectivity index (χ0n) is 18.4. The Morgan fingerprint density at radius 1 is 1.19 bits per heavy atom. The maximum absolute atomic E-state index is 13.4. The molecule has 0 bridgehead atoms. The minimum absolute atomic E-state index is 0.0502. The minimum Gasteiger partial charge on any atom is -0.386 e. The van der Waals surface area contributed by atoms with Crippen LogP contribution in [0.15, 0.2) is 54.9 Å². The molecular weight excluding hydrogens is 393 g/mol. The molecule has 166 valence electrons. The second kappa shape index (κ2) is 10.6. The highest BCUT2D eigenvalue weighted by Gasteiger charge is 2.21. The van der Waals surface area contributed by atoms with Crippen LogP contribution in [0.4, 0.5) is 4.39 Å². The van der Waals surface area contributed by atoms with Crippen molar-refractivity contribution in [3.63, 3.8) is 0 Å². The van der Waals surface area contributed by atoms with E-state index in [0.717, 1.165) is 42.6 Å². The number of halogens is 1. The van der Waals surface area contributed by atoms with Crippen molar-refractivity contribution < 1.29 is 14.3 Å². The molecule has 0 radical (unpaired) electrons. The van der Waals surface area contributed by atoms with Crippen LogP contribution in [0, 0.1) is 0 Å². The van der Waals surface area contributed by atoms with Gasteiger partial charge in [-0.05, 0) is 56.5 Å². The number of aliphatic hydroxyl groups excluding tert-OH is 1. The van der Waals surface area contributed by atoms with Crippen LogP contribution in [0.5, 0.6) is 0 Å². The van der Waals surface area contributed by atoms with Gasteiger partial charge in [0.05, 0.1) is 18.7 Å². The normalized spacial score (nSPS) is 17.2. The zero-order chi connectivity index (χ0) is 22.4. The molecule has 5 nitrogen and oxygen atoms in total. The average Bonchev–Trinajstić information content (AvgIpc) is 3.30. The Balaban J connectivity index is 1.65. The second-order valence-corrected chi connectivity index (χ2v) is 8.21. The summed E-state index contributed by atoms with van der Waals surface area (Å²) >= 11 is 0. The number of Topliss-reactive ketones (excluding diaryl/α,β-unsaturated/α-hetero) is 1. The van der Waals surface area contributed by atoms with Crippen molar-refractivity contribution in [3.8, 4) is 11.1 Å². The number of hydrogen-bond acceptors (Lipinski definition) is 5. The van der Waals surface area contributed by atoms with Gasteiger partial charge >= 0.3 is 0 Å². The van der Waals surface area contributed by atoms with Crippen molar-refractivity contribution in [2.75, 3.05) is 19.6 Å². The largest absolute Gasteiger partial charge is 0.386 e. The lowest BCUT2D eigenvalue weighted by Gasteiger charge is -2.26. The SMILES string of the molecule is C=C(N[C@H](CC)[C@H](O)c1ccc(-c2ccc(C(=O)CN3CCCC3)nc2)cc1)C(C)F. The van der Waals surface area contributed by atoms with Gasteiger partial charge in [-0.3, -0.25) is 14.7 Å². The Morgan fingerprint density at radius 2 is 1.84 bits per heavy atom. The maximum Gasteiger partial charge on any atom is 0.195 e. The number of alkyl halides is 1. The lowest BCUT2D eigenvalue weighted by molar-refractivity contribution is 0.0940. The number of carbonyl (C=O) groups is 1. The molecule has 0 amide bonds. The van der Waals surface area contributed by atoms with Crippen LogP contribution in [-0.2, 0) is 0 Å². The van der Waals surface area contributed by atoms with Crippen LogP contribution in [0.25, 0.3) is 11.1 Å². The fraction of sp³-hybridized carbons (Fsp3) is 0.440. The van der Waals surface area contributed by atoms with Crippen LogP contribution in [0.3, 0.4) is 0 Å². The number of pyridine rings is 1. The monoisotopic (exact) mass is 425 g/mol. The van der Waals surface area contributed by atoms with Crippen LogP contribution in [0.2, 0.25) is 0 Å². The molecule has 0 spiro atoms. The van der Waals surface area contributed by atoms with Gasteiger partial charge in [0.15, 0.2) is 5.78 Å². The van der Waals surface area contributed by atoms with E-state index in [1.54, 1.807) is 12.3 Å². The van der Waals surface area contributed by atoms with E-state index in [9.17, 15) is 14.3 Å². The summed E-state index contributed by atoms with van der Waals surface area (Å²) in [5, 5.41) is 13.7. The molecule has 1 saturated heterocycles. The first-order valence-corrected chi connectivity index (χ1v) is 11.0. The van der Waals surface area contributed by atoms with Gasteiger partial charge < -0.3 is 10.4 Å². The topological polar surface area (TPSA) is 65.5 Å². The van der Waals surface area contributed by atoms with Crippen molar-refractivity contribution in [3.05, 3.63) is 66.1 Å². The summed E-state index contributed by atoms with van der Waals surface area (Å²) in [4.78, 5) is 18.9. The molecule has 1 aromatic heterocycles. The number of nitrogens with zero attached hydrogens (tertiary/aromatic N) is 2. The molecule has 31 heavy (non-hydrogen) atoms. The highest BCUT2D eigenvalue weighted by molar-refractivity contribution is 5.96. The molecule has 2 heterocycles. The molecule has 0 aliphatic carbocycles. The van der Waals surface area contributed by atoms with E-state index in [1.807, 2.05) is 37.3 Å². The smallest absolute Gasteiger partial charge is 0.195 e. The molecule has 6 heteroatoms. The Morgan fingerprint density at radius 3 is 2.39 bits per heavy atom. The van der Waals surface area contributed by atoms with Gasteiger partial charge in [-0.2, -0.15) is 0 Å². The van der Waals surface area contributed by atoms with Crippen molar-refractivity contribution in [1.82, 2.24) is 15.2 Å². The van der Waals surface area contributed by atoms with Gasteiger partial charge in [0.1, 0.15) is 11.9 Å². The predicted octanol–water partition coefficient (Wildman–Crippen LogP) is 4.30. The Kier molecular flexibility index (Phi) is 7.93. The van der Waals surface area contributed by atoms with Crippen molar-refractivity contribution in [1.29, 1.82) is 0 Å². The van der Waals surface area contributed by atoms with Crippen molar-refractivity contribution in [2.24, 2.45) is 0 Å². The predicted molar refractivity (Wildman–Crippen MR) is 122 cm³/mol. The number of carbonyl (C=O) groups excluding carboxylic acids is 1. The molecule has 2 aromatic rings. The molecule has 0 saturated carbocycles. The van der Waals surface area contributed by atoms with Crippen molar-refractivity contribution >= 4 is 5.78 Å². The highest BCUT2D eigenvalue weighted by atomic mass is 19.1. The summed E-state index contributed by atoms with van der Waals surface area (Å²) in [5.41, 5.74) is 3.36. The van der Waals surface area contributed by atoms with E-state index in [2.05, 4.69) is 21.8 Å². The average molecular weight is 426 g/mol. The van der Waals surface area contributed by atoms with Gasteiger partial charge in [0.2, 0.25) is 0 Å². The summed E-state index contributed by atoms with van der Waals surface area (Å²) in [7, 11) is 0. The molecule has 1 aliphatic rings. The fourth-order valence-electron chi connectivity index (χ4n) is 3.82. The quantitative estimate of drug-likeness (QED) is 0.556. The number of aromatic nitrogens is 1. The molecule has 3 rings (SSSR count).